The third-order valence-corrected chi connectivity index (χ3v) is 7.07. The molecule has 1 aromatic heterocycles. The monoisotopic (exact) mass is 519 g/mol. The van der Waals surface area contributed by atoms with Gasteiger partial charge in [-0.25, -0.2) is 4.98 Å². The summed E-state index contributed by atoms with van der Waals surface area (Å²) in [5.41, 5.74) is 0.263. The van der Waals surface area contributed by atoms with Gasteiger partial charge in [0, 0.05) is 38.1 Å². The smallest absolute Gasteiger partial charge is 0.161 e. The Balaban J connectivity index is 1.28. The topological polar surface area (TPSA) is 69.0 Å². The lowest BCUT2D eigenvalue weighted by Crippen LogP contribution is -2.47. The SMILES string of the molecule is COc1ccc(CN2CCC(O)(COc3ccc(Cl)c(Cl)c3)CC2)cc1OCCn1ccnc1C. The molecule has 0 saturated carbocycles. The minimum atomic E-state index is -0.873. The minimum absolute atomic E-state index is 0.218. The zero-order valence-corrected chi connectivity index (χ0v) is 21.6. The molecule has 1 aliphatic heterocycles. The van der Waals surface area contributed by atoms with E-state index in [1.165, 1.54) is 0 Å². The summed E-state index contributed by atoms with van der Waals surface area (Å²) in [6, 6.07) is 11.2. The van der Waals surface area contributed by atoms with Crippen LogP contribution in [-0.4, -0.2) is 58.6 Å². The van der Waals surface area contributed by atoms with Gasteiger partial charge in [-0.2, -0.15) is 0 Å². The molecule has 0 spiro atoms. The van der Waals surface area contributed by atoms with Crippen LogP contribution in [-0.2, 0) is 13.1 Å². The molecule has 2 heterocycles. The van der Waals surface area contributed by atoms with Crippen LogP contribution in [0.15, 0.2) is 48.8 Å². The third-order valence-electron chi connectivity index (χ3n) is 6.33. The number of hydrogen-bond donors (Lipinski definition) is 1. The number of ether oxygens (including phenoxy) is 3. The van der Waals surface area contributed by atoms with Crippen LogP contribution in [0.3, 0.4) is 0 Å². The first-order valence-electron chi connectivity index (χ1n) is 11.7. The normalized spacial score (nSPS) is 15.7. The number of rotatable bonds is 10. The van der Waals surface area contributed by atoms with Gasteiger partial charge < -0.3 is 23.9 Å². The number of methoxy groups -OCH3 is 1. The van der Waals surface area contributed by atoms with Gasteiger partial charge in [0.2, 0.25) is 0 Å². The molecule has 7 nitrogen and oxygen atoms in total. The van der Waals surface area contributed by atoms with Gasteiger partial charge in [0.25, 0.3) is 0 Å². The standard InChI is InChI=1S/C26H31Cl2N3O4/c1-19-29-9-12-31(19)13-14-34-25-15-20(3-6-24(25)33-2)17-30-10-7-26(32,8-11-30)18-35-21-4-5-22(27)23(28)16-21/h3-6,9,12,15-16,32H,7-8,10-11,13-14,17-18H2,1-2H3. The highest BCUT2D eigenvalue weighted by molar-refractivity contribution is 6.42. The van der Waals surface area contributed by atoms with Crippen LogP contribution in [0.4, 0.5) is 0 Å². The molecule has 2 aromatic carbocycles. The van der Waals surface area contributed by atoms with Crippen molar-refractivity contribution in [1.82, 2.24) is 14.5 Å². The molecule has 35 heavy (non-hydrogen) atoms. The van der Waals surface area contributed by atoms with Crippen LogP contribution in [0.25, 0.3) is 0 Å². The summed E-state index contributed by atoms with van der Waals surface area (Å²) in [4.78, 5) is 6.57. The molecule has 1 aliphatic rings. The van der Waals surface area contributed by atoms with Gasteiger partial charge in [-0.15, -0.1) is 0 Å². The molecule has 0 aliphatic carbocycles. The number of aromatic nitrogens is 2. The number of halogens is 2. The lowest BCUT2D eigenvalue weighted by atomic mass is 9.92. The van der Waals surface area contributed by atoms with Crippen molar-refractivity contribution in [2.45, 2.75) is 38.5 Å². The van der Waals surface area contributed by atoms with Crippen molar-refractivity contribution < 1.29 is 19.3 Å². The number of aliphatic hydroxyl groups is 1. The van der Waals surface area contributed by atoms with Gasteiger partial charge >= 0.3 is 0 Å². The van der Waals surface area contributed by atoms with Crippen molar-refractivity contribution in [2.24, 2.45) is 0 Å². The Bertz CT molecular complexity index is 1130. The van der Waals surface area contributed by atoms with Crippen LogP contribution >= 0.6 is 23.2 Å². The molecule has 1 N–H and O–H groups in total. The lowest BCUT2D eigenvalue weighted by Gasteiger charge is -2.38. The summed E-state index contributed by atoms with van der Waals surface area (Å²) < 4.78 is 19.4. The maximum Gasteiger partial charge on any atom is 0.161 e. The third kappa shape index (κ3) is 6.82. The van der Waals surface area contributed by atoms with Gasteiger partial charge in [-0.05, 0) is 49.6 Å². The highest BCUT2D eigenvalue weighted by Crippen LogP contribution is 2.31. The van der Waals surface area contributed by atoms with Gasteiger partial charge in [0.15, 0.2) is 11.5 Å². The molecule has 4 rings (SSSR count). The van der Waals surface area contributed by atoms with Crippen LogP contribution in [0.1, 0.15) is 24.2 Å². The first-order valence-corrected chi connectivity index (χ1v) is 12.4. The molecule has 1 fully saturated rings. The molecule has 0 atom stereocenters. The summed E-state index contributed by atoms with van der Waals surface area (Å²) in [5.74, 6) is 3.00. The average Bonchev–Trinajstić information content (AvgIpc) is 3.26. The molecule has 0 radical (unpaired) electrons. The van der Waals surface area contributed by atoms with E-state index in [1.54, 1.807) is 31.5 Å². The van der Waals surface area contributed by atoms with Crippen molar-refractivity contribution in [3.63, 3.8) is 0 Å². The first kappa shape index (κ1) is 25.6. The zero-order valence-electron chi connectivity index (χ0n) is 20.0. The number of imidazole rings is 1. The van der Waals surface area contributed by atoms with E-state index >= 15 is 0 Å². The molecule has 1 saturated heterocycles. The lowest BCUT2D eigenvalue weighted by molar-refractivity contribution is -0.0537. The summed E-state index contributed by atoms with van der Waals surface area (Å²) in [6.45, 7) is 5.73. The van der Waals surface area contributed by atoms with Crippen molar-refractivity contribution in [1.29, 1.82) is 0 Å². The predicted octanol–water partition coefficient (Wildman–Crippen LogP) is 4.99. The Morgan fingerprint density at radius 1 is 1.03 bits per heavy atom. The van der Waals surface area contributed by atoms with Gasteiger partial charge in [-0.3, -0.25) is 4.90 Å². The van der Waals surface area contributed by atoms with Gasteiger partial charge in [0.1, 0.15) is 30.4 Å². The minimum Gasteiger partial charge on any atom is -0.493 e. The van der Waals surface area contributed by atoms with E-state index in [-0.39, 0.29) is 6.61 Å². The van der Waals surface area contributed by atoms with Crippen LogP contribution in [0, 0.1) is 6.92 Å². The number of hydrogen-bond acceptors (Lipinski definition) is 6. The molecule has 9 heteroatoms. The summed E-state index contributed by atoms with van der Waals surface area (Å²) in [7, 11) is 1.65. The molecular weight excluding hydrogens is 489 g/mol. The van der Waals surface area contributed by atoms with Crippen molar-refractivity contribution in [3.8, 4) is 17.2 Å². The maximum absolute atomic E-state index is 11.0. The molecule has 0 amide bonds. The Hall–Kier alpha value is -2.45. The highest BCUT2D eigenvalue weighted by atomic mass is 35.5. The van der Waals surface area contributed by atoms with E-state index < -0.39 is 5.60 Å². The molecule has 3 aromatic rings. The largest absolute Gasteiger partial charge is 0.493 e. The molecular formula is C26H31Cl2N3O4. The van der Waals surface area contributed by atoms with E-state index in [1.807, 2.05) is 25.3 Å². The average molecular weight is 520 g/mol. The Morgan fingerprint density at radius 3 is 2.51 bits per heavy atom. The fourth-order valence-corrected chi connectivity index (χ4v) is 4.43. The number of piperidine rings is 1. The van der Waals surface area contributed by atoms with Gasteiger partial charge in [-0.1, -0.05) is 29.3 Å². The van der Waals surface area contributed by atoms with E-state index in [0.717, 1.165) is 36.8 Å². The van der Waals surface area contributed by atoms with E-state index in [0.29, 0.717) is 47.5 Å². The Morgan fingerprint density at radius 2 is 1.83 bits per heavy atom. The fraction of sp³-hybridized carbons (Fsp3) is 0.423. The molecule has 0 bridgehead atoms. The van der Waals surface area contributed by atoms with E-state index in [9.17, 15) is 5.11 Å². The first-order chi connectivity index (χ1) is 16.8. The number of aryl methyl sites for hydroxylation is 1. The van der Waals surface area contributed by atoms with Crippen LogP contribution < -0.4 is 14.2 Å². The van der Waals surface area contributed by atoms with E-state index in [4.69, 9.17) is 37.4 Å². The predicted molar refractivity (Wildman–Crippen MR) is 137 cm³/mol. The summed E-state index contributed by atoms with van der Waals surface area (Å²) in [6.07, 6.45) is 4.98. The Labute approximate surface area is 216 Å². The number of likely N-dealkylation sites (tertiary alicyclic amines) is 1. The van der Waals surface area contributed by atoms with Gasteiger partial charge in [0.05, 0.1) is 23.7 Å². The number of nitrogens with zero attached hydrogens (tertiary/aromatic N) is 3. The summed E-state index contributed by atoms with van der Waals surface area (Å²) >= 11 is 12.0. The highest BCUT2D eigenvalue weighted by Gasteiger charge is 2.33. The number of benzene rings is 2. The van der Waals surface area contributed by atoms with Crippen LogP contribution in [0.2, 0.25) is 10.0 Å². The maximum atomic E-state index is 11.0. The second-order valence-corrected chi connectivity index (χ2v) is 9.68. The second kappa shape index (κ2) is 11.5. The summed E-state index contributed by atoms with van der Waals surface area (Å²) in [5, 5.41) is 11.9. The molecule has 0 unspecified atom stereocenters. The quantitative estimate of drug-likeness (QED) is 0.406. The van der Waals surface area contributed by atoms with E-state index in [2.05, 4.69) is 20.5 Å². The molecule has 188 valence electrons. The Kier molecular flexibility index (Phi) is 8.44. The zero-order chi connectivity index (χ0) is 24.8. The second-order valence-electron chi connectivity index (χ2n) is 8.87. The van der Waals surface area contributed by atoms with Crippen molar-refractivity contribution >= 4 is 23.2 Å². The van der Waals surface area contributed by atoms with Crippen molar-refractivity contribution in [2.75, 3.05) is 33.4 Å². The fourth-order valence-electron chi connectivity index (χ4n) is 4.14. The van der Waals surface area contributed by atoms with Crippen molar-refractivity contribution in [3.05, 3.63) is 70.2 Å². The van der Waals surface area contributed by atoms with Crippen LogP contribution in [0.5, 0.6) is 17.2 Å².